The molecule has 0 spiro atoms. The van der Waals surface area contributed by atoms with E-state index in [4.69, 9.17) is 0 Å². The molecule has 6 heteroatoms. The van der Waals surface area contributed by atoms with Crippen molar-refractivity contribution in [1.82, 2.24) is 9.97 Å². The van der Waals surface area contributed by atoms with E-state index in [-0.39, 0.29) is 4.90 Å². The number of hydrogen-bond donors (Lipinski definition) is 1. The summed E-state index contributed by atoms with van der Waals surface area (Å²) < 4.78 is 31.7. The molecule has 0 unspecified atom stereocenters. The second-order valence-corrected chi connectivity index (χ2v) is 5.40. The molecule has 0 saturated heterocycles. The first-order chi connectivity index (χ1) is 8.47. The highest BCUT2D eigenvalue weighted by atomic mass is 32.2. The minimum Gasteiger partial charge on any atom is -0.282 e. The average Bonchev–Trinajstić information content (AvgIpc) is 2.28. The van der Waals surface area contributed by atoms with Gasteiger partial charge >= 0.3 is 0 Å². The van der Waals surface area contributed by atoms with Gasteiger partial charge in [-0.2, -0.15) is 8.42 Å². The highest BCUT2D eigenvalue weighted by Gasteiger charge is 2.15. The standard InChI is InChI=1S/C12H12N2O3S/c1-9-2-3-12(18(15,16)17)11(4-9)5-10-6-13-8-14-7-10/h2-4,6-8H,5H2,1H3,(H,15,16,17). The Labute approximate surface area is 105 Å². The minimum atomic E-state index is -4.21. The lowest BCUT2D eigenvalue weighted by Crippen LogP contribution is -2.04. The molecule has 5 nitrogen and oxygen atoms in total. The number of benzene rings is 1. The van der Waals surface area contributed by atoms with Crippen LogP contribution in [-0.4, -0.2) is 22.9 Å². The van der Waals surface area contributed by atoms with Crippen LogP contribution in [0.4, 0.5) is 0 Å². The maximum atomic E-state index is 11.3. The Morgan fingerprint density at radius 1 is 1.22 bits per heavy atom. The molecule has 1 N–H and O–H groups in total. The van der Waals surface area contributed by atoms with Crippen LogP contribution in [-0.2, 0) is 16.5 Å². The summed E-state index contributed by atoms with van der Waals surface area (Å²) in [7, 11) is -4.21. The predicted octanol–water partition coefficient (Wildman–Crippen LogP) is 1.62. The van der Waals surface area contributed by atoms with Gasteiger partial charge in [-0.1, -0.05) is 17.7 Å². The molecule has 18 heavy (non-hydrogen) atoms. The summed E-state index contributed by atoms with van der Waals surface area (Å²) in [6.45, 7) is 1.86. The summed E-state index contributed by atoms with van der Waals surface area (Å²) >= 11 is 0. The van der Waals surface area contributed by atoms with Crippen molar-refractivity contribution in [1.29, 1.82) is 0 Å². The number of nitrogens with zero attached hydrogens (tertiary/aromatic N) is 2. The Morgan fingerprint density at radius 2 is 1.89 bits per heavy atom. The third-order valence-electron chi connectivity index (χ3n) is 2.50. The van der Waals surface area contributed by atoms with Gasteiger partial charge in [0, 0.05) is 18.8 Å². The largest absolute Gasteiger partial charge is 0.294 e. The zero-order chi connectivity index (χ0) is 13.2. The first kappa shape index (κ1) is 12.7. The van der Waals surface area contributed by atoms with Crippen LogP contribution in [0.3, 0.4) is 0 Å². The first-order valence-electron chi connectivity index (χ1n) is 5.28. The summed E-state index contributed by atoms with van der Waals surface area (Å²) in [5.41, 5.74) is 2.24. The Balaban J connectivity index is 2.47. The van der Waals surface area contributed by atoms with Crippen molar-refractivity contribution in [3.05, 3.63) is 53.6 Å². The Morgan fingerprint density at radius 3 is 2.50 bits per heavy atom. The summed E-state index contributed by atoms with van der Waals surface area (Å²) in [5, 5.41) is 0. The van der Waals surface area contributed by atoms with Gasteiger partial charge in [0.2, 0.25) is 0 Å². The molecule has 1 aromatic heterocycles. The lowest BCUT2D eigenvalue weighted by Gasteiger charge is -2.08. The molecule has 0 aliphatic heterocycles. The van der Waals surface area contributed by atoms with E-state index in [1.54, 1.807) is 24.5 Å². The van der Waals surface area contributed by atoms with Crippen LogP contribution in [0, 0.1) is 6.92 Å². The molecule has 2 aromatic rings. The molecule has 0 bridgehead atoms. The van der Waals surface area contributed by atoms with E-state index in [0.29, 0.717) is 12.0 Å². The van der Waals surface area contributed by atoms with Gasteiger partial charge in [0.05, 0.1) is 4.90 Å². The smallest absolute Gasteiger partial charge is 0.282 e. The van der Waals surface area contributed by atoms with E-state index in [9.17, 15) is 13.0 Å². The molecule has 0 radical (unpaired) electrons. The molecule has 1 heterocycles. The van der Waals surface area contributed by atoms with E-state index in [2.05, 4.69) is 9.97 Å². The second kappa shape index (κ2) is 4.83. The van der Waals surface area contributed by atoms with Gasteiger partial charge in [-0.3, -0.25) is 4.55 Å². The zero-order valence-electron chi connectivity index (χ0n) is 9.74. The summed E-state index contributed by atoms with van der Waals surface area (Å²) in [5.74, 6) is 0. The SMILES string of the molecule is Cc1ccc(S(=O)(=O)O)c(Cc2cncnc2)c1. The van der Waals surface area contributed by atoms with Gasteiger partial charge in [-0.15, -0.1) is 0 Å². The molecule has 2 rings (SSSR count). The van der Waals surface area contributed by atoms with Crippen molar-refractivity contribution >= 4 is 10.1 Å². The molecule has 0 fully saturated rings. The molecule has 1 aromatic carbocycles. The van der Waals surface area contributed by atoms with Gasteiger partial charge in [0.25, 0.3) is 10.1 Å². The van der Waals surface area contributed by atoms with Crippen molar-refractivity contribution < 1.29 is 13.0 Å². The van der Waals surface area contributed by atoms with E-state index < -0.39 is 10.1 Å². The maximum absolute atomic E-state index is 11.3. The molecule has 94 valence electrons. The Hall–Kier alpha value is -1.79. The van der Waals surface area contributed by atoms with Crippen LogP contribution >= 0.6 is 0 Å². The molecule has 0 saturated carbocycles. The van der Waals surface area contributed by atoms with E-state index in [0.717, 1.165) is 11.1 Å². The lowest BCUT2D eigenvalue weighted by molar-refractivity contribution is 0.482. The normalized spacial score (nSPS) is 11.4. The maximum Gasteiger partial charge on any atom is 0.294 e. The molecule has 0 amide bonds. The van der Waals surface area contributed by atoms with Gasteiger partial charge in [0.1, 0.15) is 6.33 Å². The number of rotatable bonds is 3. The topological polar surface area (TPSA) is 80.2 Å². The van der Waals surface area contributed by atoms with Crippen LogP contribution in [0.1, 0.15) is 16.7 Å². The third kappa shape index (κ3) is 2.91. The fraction of sp³-hybridized carbons (Fsp3) is 0.167. The fourth-order valence-corrected chi connectivity index (χ4v) is 2.44. The van der Waals surface area contributed by atoms with Crippen molar-refractivity contribution in [3.63, 3.8) is 0 Å². The highest BCUT2D eigenvalue weighted by Crippen LogP contribution is 2.20. The van der Waals surface area contributed by atoms with Crippen LogP contribution in [0.15, 0.2) is 41.8 Å². The number of hydrogen-bond acceptors (Lipinski definition) is 4. The number of aromatic nitrogens is 2. The molecular formula is C12H12N2O3S. The number of aryl methyl sites for hydroxylation is 1. The summed E-state index contributed by atoms with van der Waals surface area (Å²) in [6, 6.07) is 4.79. The summed E-state index contributed by atoms with van der Waals surface area (Å²) in [4.78, 5) is 7.67. The fourth-order valence-electron chi connectivity index (χ4n) is 1.74. The Kier molecular flexibility index (Phi) is 3.40. The van der Waals surface area contributed by atoms with Crippen molar-refractivity contribution in [2.75, 3.05) is 0 Å². The minimum absolute atomic E-state index is 0.0723. The lowest BCUT2D eigenvalue weighted by atomic mass is 10.1. The summed E-state index contributed by atoms with van der Waals surface area (Å²) in [6.07, 6.45) is 4.99. The van der Waals surface area contributed by atoms with Gasteiger partial charge in [-0.05, 0) is 24.1 Å². The second-order valence-electron chi connectivity index (χ2n) is 4.01. The van der Waals surface area contributed by atoms with Crippen LogP contribution in [0.25, 0.3) is 0 Å². The van der Waals surface area contributed by atoms with E-state index >= 15 is 0 Å². The first-order valence-corrected chi connectivity index (χ1v) is 6.72. The quantitative estimate of drug-likeness (QED) is 0.852. The third-order valence-corrected chi connectivity index (χ3v) is 3.46. The highest BCUT2D eigenvalue weighted by molar-refractivity contribution is 7.85. The van der Waals surface area contributed by atoms with Crippen molar-refractivity contribution in [2.45, 2.75) is 18.2 Å². The molecule has 0 atom stereocenters. The van der Waals surface area contributed by atoms with Gasteiger partial charge in [-0.25, -0.2) is 9.97 Å². The van der Waals surface area contributed by atoms with E-state index in [1.165, 1.54) is 12.4 Å². The molecule has 0 aliphatic carbocycles. The van der Waals surface area contributed by atoms with E-state index in [1.807, 2.05) is 6.92 Å². The molecule has 0 aliphatic rings. The molecular weight excluding hydrogens is 252 g/mol. The van der Waals surface area contributed by atoms with Gasteiger partial charge < -0.3 is 0 Å². The van der Waals surface area contributed by atoms with Crippen LogP contribution in [0.2, 0.25) is 0 Å². The van der Waals surface area contributed by atoms with Crippen LogP contribution < -0.4 is 0 Å². The zero-order valence-corrected chi connectivity index (χ0v) is 10.6. The average molecular weight is 264 g/mol. The van der Waals surface area contributed by atoms with Crippen molar-refractivity contribution in [3.8, 4) is 0 Å². The predicted molar refractivity (Wildman–Crippen MR) is 65.8 cm³/mol. The van der Waals surface area contributed by atoms with Crippen molar-refractivity contribution in [2.24, 2.45) is 0 Å². The van der Waals surface area contributed by atoms with Crippen LogP contribution in [0.5, 0.6) is 0 Å². The monoisotopic (exact) mass is 264 g/mol. The van der Waals surface area contributed by atoms with Gasteiger partial charge in [0.15, 0.2) is 0 Å². The Bertz CT molecular complexity index is 654.